The van der Waals surface area contributed by atoms with Crippen LogP contribution in [0.3, 0.4) is 0 Å². The van der Waals surface area contributed by atoms with Gasteiger partial charge in [-0.3, -0.25) is 4.79 Å². The Morgan fingerprint density at radius 2 is 1.46 bits per heavy atom. The lowest BCUT2D eigenvalue weighted by Crippen LogP contribution is -2.21. The third-order valence-electron chi connectivity index (χ3n) is 3.21. The van der Waals surface area contributed by atoms with E-state index in [4.69, 9.17) is 49.0 Å². The van der Waals surface area contributed by atoms with E-state index < -0.39 is 18.5 Å². The van der Waals surface area contributed by atoms with E-state index in [9.17, 15) is 9.59 Å². The number of carbonyl (C=O) groups excluding carboxylic acids is 2. The van der Waals surface area contributed by atoms with Crippen LogP contribution in [-0.2, 0) is 9.53 Å². The van der Waals surface area contributed by atoms with Gasteiger partial charge in [0, 0.05) is 6.07 Å². The molecule has 0 saturated carbocycles. The smallest absolute Gasteiger partial charge is 0.338 e. The summed E-state index contributed by atoms with van der Waals surface area (Å²) >= 11 is 17.7. The van der Waals surface area contributed by atoms with Crippen LogP contribution in [0, 0.1) is 0 Å². The lowest BCUT2D eigenvalue weighted by Gasteiger charge is -2.10. The molecular weight excluding hydrogens is 405 g/mol. The molecule has 0 bridgehead atoms. The molecule has 1 N–H and O–H groups in total. The molecule has 1 amide bonds. The van der Waals surface area contributed by atoms with Gasteiger partial charge in [-0.1, -0.05) is 34.8 Å². The molecule has 2 aromatic rings. The largest absolute Gasteiger partial charge is 0.497 e. The Bertz CT molecular complexity index is 819. The van der Waals surface area contributed by atoms with Crippen molar-refractivity contribution < 1.29 is 23.8 Å². The van der Waals surface area contributed by atoms with E-state index in [0.717, 1.165) is 0 Å². The number of esters is 1. The van der Waals surface area contributed by atoms with Gasteiger partial charge in [0.05, 0.1) is 40.5 Å². The second-order valence-electron chi connectivity index (χ2n) is 4.97. The molecule has 2 rings (SSSR count). The molecule has 2 aromatic carbocycles. The molecule has 0 spiro atoms. The normalized spacial score (nSPS) is 10.2. The number of ether oxygens (including phenoxy) is 3. The van der Waals surface area contributed by atoms with Crippen molar-refractivity contribution in [2.45, 2.75) is 0 Å². The van der Waals surface area contributed by atoms with Gasteiger partial charge in [-0.25, -0.2) is 4.79 Å². The fraction of sp³-hybridized carbons (Fsp3) is 0.176. The Labute approximate surface area is 164 Å². The number of rotatable bonds is 6. The Balaban J connectivity index is 2.01. The van der Waals surface area contributed by atoms with Gasteiger partial charge >= 0.3 is 5.97 Å². The van der Waals surface area contributed by atoms with Gasteiger partial charge in [0.25, 0.3) is 5.91 Å². The molecule has 0 unspecified atom stereocenters. The van der Waals surface area contributed by atoms with Crippen LogP contribution in [0.2, 0.25) is 15.1 Å². The number of methoxy groups -OCH3 is 2. The van der Waals surface area contributed by atoms with Crippen molar-refractivity contribution >= 4 is 52.4 Å². The summed E-state index contributed by atoms with van der Waals surface area (Å²) in [5.74, 6) is -0.460. The average molecular weight is 419 g/mol. The van der Waals surface area contributed by atoms with Crippen LogP contribution in [0.1, 0.15) is 10.4 Å². The van der Waals surface area contributed by atoms with Crippen LogP contribution in [-0.4, -0.2) is 32.7 Å². The van der Waals surface area contributed by atoms with Crippen LogP contribution in [0.25, 0.3) is 0 Å². The third kappa shape index (κ3) is 5.17. The zero-order valence-electron chi connectivity index (χ0n) is 13.8. The van der Waals surface area contributed by atoms with E-state index in [-0.39, 0.29) is 26.3 Å². The average Bonchev–Trinajstić information content (AvgIpc) is 2.63. The summed E-state index contributed by atoms with van der Waals surface area (Å²) < 4.78 is 15.2. The minimum atomic E-state index is -0.711. The number of nitrogens with one attached hydrogen (secondary N) is 1. The first kappa shape index (κ1) is 20.2. The summed E-state index contributed by atoms with van der Waals surface area (Å²) in [5.41, 5.74) is 0.437. The summed E-state index contributed by atoms with van der Waals surface area (Å²) in [6, 6.07) is 7.35. The monoisotopic (exact) mass is 417 g/mol. The molecular formula is C17H14Cl3NO5. The van der Waals surface area contributed by atoms with E-state index in [1.807, 2.05) is 0 Å². The first-order valence-corrected chi connectivity index (χ1v) is 8.32. The molecule has 138 valence electrons. The third-order valence-corrected chi connectivity index (χ3v) is 4.24. The highest BCUT2D eigenvalue weighted by Gasteiger charge is 2.15. The van der Waals surface area contributed by atoms with Gasteiger partial charge in [0.1, 0.15) is 11.5 Å². The van der Waals surface area contributed by atoms with Crippen LogP contribution < -0.4 is 14.8 Å². The standard InChI is InChI=1S/C17H14Cl3NO5/c1-24-10-3-9(4-11(5-10)25-2)17(23)26-8-16(22)21-15-7-13(19)12(18)6-14(15)20/h3-7H,8H2,1-2H3,(H,21,22). The topological polar surface area (TPSA) is 73.9 Å². The van der Waals surface area contributed by atoms with Crippen molar-refractivity contribution in [3.8, 4) is 11.5 Å². The van der Waals surface area contributed by atoms with Crippen molar-refractivity contribution in [3.05, 3.63) is 51.0 Å². The predicted octanol–water partition coefficient (Wildman–Crippen LogP) is 4.46. The first-order chi connectivity index (χ1) is 12.3. The lowest BCUT2D eigenvalue weighted by atomic mass is 10.2. The Kier molecular flexibility index (Phi) is 6.97. The maximum atomic E-state index is 12.1. The number of carbonyl (C=O) groups is 2. The van der Waals surface area contributed by atoms with Gasteiger partial charge < -0.3 is 19.5 Å². The van der Waals surface area contributed by atoms with Crippen molar-refractivity contribution in [1.29, 1.82) is 0 Å². The molecule has 0 saturated heterocycles. The molecule has 0 aliphatic heterocycles. The van der Waals surface area contributed by atoms with Crippen molar-refractivity contribution in [2.75, 3.05) is 26.1 Å². The molecule has 0 aliphatic carbocycles. The van der Waals surface area contributed by atoms with Crippen LogP contribution in [0.5, 0.6) is 11.5 Å². The molecule has 0 radical (unpaired) electrons. The van der Waals surface area contributed by atoms with E-state index in [2.05, 4.69) is 5.32 Å². The Morgan fingerprint density at radius 3 is 2.04 bits per heavy atom. The van der Waals surface area contributed by atoms with E-state index >= 15 is 0 Å². The van der Waals surface area contributed by atoms with Crippen LogP contribution >= 0.6 is 34.8 Å². The van der Waals surface area contributed by atoms with Crippen LogP contribution in [0.4, 0.5) is 5.69 Å². The Hall–Kier alpha value is -2.15. The maximum absolute atomic E-state index is 12.1. The fourth-order valence-corrected chi connectivity index (χ4v) is 2.54. The second-order valence-corrected chi connectivity index (χ2v) is 6.19. The molecule has 0 fully saturated rings. The van der Waals surface area contributed by atoms with E-state index in [0.29, 0.717) is 11.5 Å². The quantitative estimate of drug-likeness (QED) is 0.554. The molecule has 0 heterocycles. The highest BCUT2D eigenvalue weighted by Crippen LogP contribution is 2.32. The van der Waals surface area contributed by atoms with E-state index in [1.54, 1.807) is 6.07 Å². The molecule has 0 aromatic heterocycles. The number of hydrogen-bond donors (Lipinski definition) is 1. The minimum absolute atomic E-state index is 0.182. The van der Waals surface area contributed by atoms with Gasteiger partial charge in [-0.05, 0) is 24.3 Å². The van der Waals surface area contributed by atoms with Gasteiger partial charge in [0.15, 0.2) is 6.61 Å². The van der Waals surface area contributed by atoms with Gasteiger partial charge in [-0.2, -0.15) is 0 Å². The van der Waals surface area contributed by atoms with Crippen molar-refractivity contribution in [3.63, 3.8) is 0 Å². The molecule has 6 nitrogen and oxygen atoms in total. The molecule has 9 heteroatoms. The lowest BCUT2D eigenvalue weighted by molar-refractivity contribution is -0.119. The highest BCUT2D eigenvalue weighted by atomic mass is 35.5. The van der Waals surface area contributed by atoms with Gasteiger partial charge in [0.2, 0.25) is 0 Å². The maximum Gasteiger partial charge on any atom is 0.338 e. The number of hydrogen-bond acceptors (Lipinski definition) is 5. The highest BCUT2D eigenvalue weighted by molar-refractivity contribution is 6.44. The van der Waals surface area contributed by atoms with Gasteiger partial charge in [-0.15, -0.1) is 0 Å². The first-order valence-electron chi connectivity index (χ1n) is 7.18. The summed E-state index contributed by atoms with van der Waals surface area (Å²) in [5, 5.41) is 3.18. The zero-order valence-corrected chi connectivity index (χ0v) is 16.0. The van der Waals surface area contributed by atoms with Crippen LogP contribution in [0.15, 0.2) is 30.3 Å². The number of amides is 1. The number of anilines is 1. The second kappa shape index (κ2) is 8.98. The summed E-state index contributed by atoms with van der Waals surface area (Å²) in [6.07, 6.45) is 0. The Morgan fingerprint density at radius 1 is 0.885 bits per heavy atom. The molecule has 0 aliphatic rings. The molecule has 26 heavy (non-hydrogen) atoms. The summed E-state index contributed by atoms with van der Waals surface area (Å²) in [6.45, 7) is -0.519. The summed E-state index contributed by atoms with van der Waals surface area (Å²) in [4.78, 5) is 24.1. The number of halogens is 3. The molecule has 0 atom stereocenters. The van der Waals surface area contributed by atoms with E-state index in [1.165, 1.54) is 38.5 Å². The minimum Gasteiger partial charge on any atom is -0.497 e. The fourth-order valence-electron chi connectivity index (χ4n) is 1.94. The summed E-state index contributed by atoms with van der Waals surface area (Å²) in [7, 11) is 2.91. The SMILES string of the molecule is COc1cc(OC)cc(C(=O)OCC(=O)Nc2cc(Cl)c(Cl)cc2Cl)c1. The predicted molar refractivity (Wildman–Crippen MR) is 99.9 cm³/mol. The zero-order chi connectivity index (χ0) is 19.3. The van der Waals surface area contributed by atoms with Crippen molar-refractivity contribution in [2.24, 2.45) is 0 Å². The number of benzene rings is 2. The van der Waals surface area contributed by atoms with Crippen molar-refractivity contribution in [1.82, 2.24) is 0 Å².